The monoisotopic (exact) mass is 908 g/mol. The molecule has 9 rings (SSSR count). The van der Waals surface area contributed by atoms with Crippen LogP contribution in [-0.4, -0.2) is 88.5 Å². The van der Waals surface area contributed by atoms with E-state index in [0.717, 1.165) is 66.7 Å². The number of aliphatic hydroxyl groups is 1. The van der Waals surface area contributed by atoms with Crippen LogP contribution >= 0.6 is 0 Å². The van der Waals surface area contributed by atoms with Crippen molar-refractivity contribution < 1.29 is 95.0 Å². The lowest BCUT2D eigenvalue weighted by molar-refractivity contribution is 0.0209. The maximum Gasteiger partial charge on any atom is 0.202 e. The second kappa shape index (κ2) is 16.9. The maximum atomic E-state index is 12.2. The Labute approximate surface area is 365 Å². The molecule has 1 aliphatic heterocycles. The Morgan fingerprint density at radius 1 is 0.409 bits per heavy atom. The van der Waals surface area contributed by atoms with Gasteiger partial charge in [0.1, 0.15) is 79.3 Å². The number of ether oxygens (including phenoxy) is 1. The fraction of sp³-hybridized carbons (Fsp3) is 0.0444. The van der Waals surface area contributed by atoms with Crippen molar-refractivity contribution in [2.75, 3.05) is 0 Å². The van der Waals surface area contributed by atoms with Crippen molar-refractivity contribution in [3.8, 4) is 109 Å². The van der Waals surface area contributed by atoms with E-state index in [4.69, 9.17) is 13.6 Å². The lowest BCUT2D eigenvalue weighted by Crippen LogP contribution is -2.36. The van der Waals surface area contributed by atoms with Crippen LogP contribution in [0.1, 0.15) is 22.0 Å². The molecular weight excluding hydrogens is 876 g/mol. The fourth-order valence-corrected chi connectivity index (χ4v) is 6.67. The van der Waals surface area contributed by atoms with Gasteiger partial charge in [-0.1, -0.05) is 0 Å². The zero-order chi connectivity index (χ0) is 48.0. The second-order valence-corrected chi connectivity index (χ2v) is 14.3. The van der Waals surface area contributed by atoms with Crippen LogP contribution in [0, 0.1) is 0 Å². The number of aromatic hydroxyl groups is 14. The van der Waals surface area contributed by atoms with E-state index in [9.17, 15) is 91.0 Å². The topological polar surface area (TPSA) is 390 Å². The number of benzene rings is 6. The number of carbonyl (C=O) groups is 1. The summed E-state index contributed by atoms with van der Waals surface area (Å²) in [7, 11) is 0. The highest BCUT2D eigenvalue weighted by atomic mass is 16.5. The van der Waals surface area contributed by atoms with Crippen LogP contribution in [0.5, 0.6) is 86.2 Å². The van der Waals surface area contributed by atoms with E-state index < -0.39 is 74.8 Å². The number of carbonyl (C=O) groups excluding carboxylic acids is 1. The predicted octanol–water partition coefficient (Wildman–Crippen LogP) is 5.16. The molecule has 6 aromatic carbocycles. The first-order chi connectivity index (χ1) is 31.1. The molecule has 1 aliphatic rings. The van der Waals surface area contributed by atoms with Crippen LogP contribution < -0.4 is 15.6 Å². The number of hydrogen-bond donors (Lipinski definition) is 15. The summed E-state index contributed by atoms with van der Waals surface area (Å²) in [5, 5.41) is 143. The van der Waals surface area contributed by atoms with Gasteiger partial charge in [0, 0.05) is 65.2 Å². The van der Waals surface area contributed by atoms with Crippen molar-refractivity contribution in [3.05, 3.63) is 123 Å². The zero-order valence-corrected chi connectivity index (χ0v) is 33.0. The van der Waals surface area contributed by atoms with Crippen LogP contribution in [0.4, 0.5) is 0 Å². The molecule has 0 fully saturated rings. The van der Waals surface area contributed by atoms with Crippen LogP contribution in [0.25, 0.3) is 44.6 Å². The van der Waals surface area contributed by atoms with E-state index in [1.807, 2.05) is 0 Å². The molecule has 21 heteroatoms. The number of rotatable bonds is 3. The first kappa shape index (κ1) is 44.4. The van der Waals surface area contributed by atoms with Gasteiger partial charge in [-0.2, -0.15) is 0 Å². The maximum absolute atomic E-state index is 12.2. The third-order valence-electron chi connectivity index (χ3n) is 9.75. The number of aliphatic hydroxyl groups excluding tert-OH is 1. The quantitative estimate of drug-likeness (QED) is 0.102. The normalized spacial score (nSPS) is 14.0. The summed E-state index contributed by atoms with van der Waals surface area (Å²) in [6.07, 6.45) is -3.03. The van der Waals surface area contributed by atoms with Gasteiger partial charge < -0.3 is 90.2 Å². The summed E-state index contributed by atoms with van der Waals surface area (Å²) < 4.78 is 16.3. The molecule has 15 N–H and O–H groups in total. The average molecular weight is 909 g/mol. The average Bonchev–Trinajstić information content (AvgIpc) is 3.23. The molecule has 0 spiro atoms. The van der Waals surface area contributed by atoms with Gasteiger partial charge in [-0.05, 0) is 42.5 Å². The highest BCUT2D eigenvalue weighted by Crippen LogP contribution is 2.45. The van der Waals surface area contributed by atoms with Gasteiger partial charge >= 0.3 is 0 Å². The van der Waals surface area contributed by atoms with Crippen molar-refractivity contribution in [3.63, 3.8) is 0 Å². The number of fused-ring (bicyclic) bond motifs is 3. The SMILES string of the molecule is O=C1c2c(O)cc(O)cc2OC(c2cc(O)c(O)c(O)c2)C1O.O=c1cc(-c2cc(O)c(O)c(O)c2)oc2cc(O)cc(O)c12.O=c1cc(-c2ccc(O)c(O)c2)oc2cc(O)cc(O)c12. The van der Waals surface area contributed by atoms with E-state index in [1.165, 1.54) is 24.3 Å². The van der Waals surface area contributed by atoms with Crippen LogP contribution in [0.3, 0.4) is 0 Å². The smallest absolute Gasteiger partial charge is 0.202 e. The van der Waals surface area contributed by atoms with E-state index in [2.05, 4.69) is 0 Å². The van der Waals surface area contributed by atoms with Crippen molar-refractivity contribution in [2.24, 2.45) is 0 Å². The Morgan fingerprint density at radius 3 is 1.35 bits per heavy atom. The van der Waals surface area contributed by atoms with Gasteiger partial charge in [0.05, 0.1) is 0 Å². The molecule has 0 bridgehead atoms. The predicted molar refractivity (Wildman–Crippen MR) is 226 cm³/mol. The van der Waals surface area contributed by atoms with E-state index in [0.29, 0.717) is 5.56 Å². The lowest BCUT2D eigenvalue weighted by atomic mass is 9.92. The van der Waals surface area contributed by atoms with Gasteiger partial charge in [-0.15, -0.1) is 0 Å². The number of hydrogen-bond acceptors (Lipinski definition) is 21. The first-order valence-electron chi connectivity index (χ1n) is 18.6. The van der Waals surface area contributed by atoms with Crippen molar-refractivity contribution in [1.82, 2.24) is 0 Å². The molecule has 338 valence electrons. The standard InChI is InChI=1S/C15H12O8.C15H10O7.C15H10O6/c16-6-3-7(17)11-10(4-6)23-15(14(22)13(11)21)5-1-8(18)12(20)9(19)2-5;16-7-3-8(17)14-9(18)5-12(22-13(14)4-7)6-1-10(19)15(21)11(20)2-6;16-8-4-11(19)15-12(20)6-13(21-14(15)5-8)7-1-2-9(17)10(18)3-7/h1-4,14-20,22H;1-5,16-17,19-21H;1-6,16-19H. The van der Waals surface area contributed by atoms with E-state index in [-0.39, 0.29) is 90.4 Å². The summed E-state index contributed by atoms with van der Waals surface area (Å²) in [6, 6.07) is 16.9. The van der Waals surface area contributed by atoms with Crippen LogP contribution in [0.2, 0.25) is 0 Å². The van der Waals surface area contributed by atoms with E-state index in [1.54, 1.807) is 0 Å². The summed E-state index contributed by atoms with van der Waals surface area (Å²) in [5.41, 5.74) is -0.862. The Hall–Kier alpha value is -9.63. The lowest BCUT2D eigenvalue weighted by Gasteiger charge is -2.30. The highest BCUT2D eigenvalue weighted by molar-refractivity contribution is 6.05. The molecule has 2 unspecified atom stereocenters. The highest BCUT2D eigenvalue weighted by Gasteiger charge is 2.39. The van der Waals surface area contributed by atoms with Crippen molar-refractivity contribution in [1.29, 1.82) is 0 Å². The zero-order valence-electron chi connectivity index (χ0n) is 33.0. The number of Topliss-reactive ketones (excluding diaryl/α,β-unsaturated/α-hetero) is 1. The molecule has 3 heterocycles. The molecule has 0 radical (unpaired) electrons. The molecule has 0 saturated carbocycles. The molecule has 2 atom stereocenters. The molecule has 2 aromatic heterocycles. The van der Waals surface area contributed by atoms with Crippen molar-refractivity contribution in [2.45, 2.75) is 12.2 Å². The minimum absolute atomic E-state index is 0.0163. The Balaban J connectivity index is 0.000000147. The second-order valence-electron chi connectivity index (χ2n) is 14.3. The fourth-order valence-electron chi connectivity index (χ4n) is 6.67. The van der Waals surface area contributed by atoms with Crippen molar-refractivity contribution >= 4 is 27.7 Å². The molecule has 21 nitrogen and oxygen atoms in total. The van der Waals surface area contributed by atoms with Gasteiger partial charge in [-0.3, -0.25) is 14.4 Å². The molecule has 0 aliphatic carbocycles. The Bertz CT molecular complexity index is 3340. The van der Waals surface area contributed by atoms with Crippen LogP contribution in [0.15, 0.2) is 109 Å². The van der Waals surface area contributed by atoms with Gasteiger partial charge in [0.15, 0.2) is 69.1 Å². The minimum atomic E-state index is -1.72. The van der Waals surface area contributed by atoms with Gasteiger partial charge in [0.2, 0.25) is 5.78 Å². The Morgan fingerprint density at radius 2 is 0.848 bits per heavy atom. The summed E-state index contributed by atoms with van der Waals surface area (Å²) in [5.74, 6) is -7.69. The van der Waals surface area contributed by atoms with E-state index >= 15 is 0 Å². The molecule has 0 saturated heterocycles. The summed E-state index contributed by atoms with van der Waals surface area (Å²) in [4.78, 5) is 36.3. The minimum Gasteiger partial charge on any atom is -0.508 e. The number of phenolic OH excluding ortho intramolecular Hbond substituents is 14. The summed E-state index contributed by atoms with van der Waals surface area (Å²) in [6.45, 7) is 0. The third-order valence-corrected chi connectivity index (χ3v) is 9.75. The Kier molecular flexibility index (Phi) is 11.4. The van der Waals surface area contributed by atoms with Gasteiger partial charge in [-0.25, -0.2) is 0 Å². The molecular formula is C45H32O21. The van der Waals surface area contributed by atoms with Crippen LogP contribution in [-0.2, 0) is 0 Å². The molecule has 66 heavy (non-hydrogen) atoms. The molecule has 0 amide bonds. The number of phenols is 14. The third kappa shape index (κ3) is 8.45. The first-order valence-corrected chi connectivity index (χ1v) is 18.6. The summed E-state index contributed by atoms with van der Waals surface area (Å²) >= 11 is 0. The largest absolute Gasteiger partial charge is 0.508 e. The number of ketones is 1. The molecule has 8 aromatic rings. The van der Waals surface area contributed by atoms with Gasteiger partial charge in [0.25, 0.3) is 0 Å².